The Bertz CT molecular complexity index is 333. The zero-order valence-electron chi connectivity index (χ0n) is 13.0. The van der Waals surface area contributed by atoms with Gasteiger partial charge in [-0.15, -0.1) is 0 Å². The van der Waals surface area contributed by atoms with Crippen LogP contribution in [0.25, 0.3) is 0 Å². The first-order chi connectivity index (χ1) is 8.08. The lowest BCUT2D eigenvalue weighted by Gasteiger charge is -2.45. The minimum absolute atomic E-state index is 0.162. The van der Waals surface area contributed by atoms with Crippen LogP contribution in [-0.4, -0.2) is 26.1 Å². The van der Waals surface area contributed by atoms with Crippen molar-refractivity contribution in [1.29, 1.82) is 0 Å². The fraction of sp³-hybridized carbons (Fsp3) is 1.00. The highest BCUT2D eigenvalue weighted by atomic mass is 31.2. The van der Waals surface area contributed by atoms with Crippen LogP contribution in [0.5, 0.6) is 0 Å². The molecule has 0 radical (unpaired) electrons. The monoisotopic (exact) mass is 292 g/mol. The molecule has 0 atom stereocenters. The Hall–Kier alpha value is 0.367. The summed E-state index contributed by atoms with van der Waals surface area (Å²) in [7, 11) is -4.71. The van der Waals surface area contributed by atoms with Gasteiger partial charge in [-0.05, 0) is 31.7 Å². The summed E-state index contributed by atoms with van der Waals surface area (Å²) in [5.74, 6) is 0. The van der Waals surface area contributed by atoms with Crippen molar-refractivity contribution in [2.24, 2.45) is 0 Å². The van der Waals surface area contributed by atoms with Gasteiger partial charge in [0.25, 0.3) is 0 Å². The molecule has 3 nitrogen and oxygen atoms in total. The predicted molar refractivity (Wildman–Crippen MR) is 80.0 cm³/mol. The van der Waals surface area contributed by atoms with Crippen molar-refractivity contribution in [1.82, 2.24) is 0 Å². The molecule has 18 heavy (non-hydrogen) atoms. The fourth-order valence-corrected chi connectivity index (χ4v) is 11.5. The third kappa shape index (κ3) is 2.37. The van der Waals surface area contributed by atoms with Crippen LogP contribution in [-0.2, 0) is 13.6 Å². The summed E-state index contributed by atoms with van der Waals surface area (Å²) in [5, 5.41) is 0.202. The summed E-state index contributed by atoms with van der Waals surface area (Å²) in [6, 6.07) is 0. The number of hydrogen-bond acceptors (Lipinski definition) is 3. The molecule has 0 saturated heterocycles. The molecule has 0 aromatic heterocycles. The Morgan fingerprint density at radius 2 is 1.50 bits per heavy atom. The number of hydrogen-bond donors (Lipinski definition) is 0. The van der Waals surface area contributed by atoms with E-state index in [2.05, 4.69) is 33.9 Å². The van der Waals surface area contributed by atoms with E-state index in [0.29, 0.717) is 13.2 Å². The molecule has 1 rings (SSSR count). The fourth-order valence-electron chi connectivity index (χ4n) is 2.68. The summed E-state index contributed by atoms with van der Waals surface area (Å²) >= 11 is 0. The van der Waals surface area contributed by atoms with E-state index in [1.165, 1.54) is 0 Å². The first-order valence-corrected chi connectivity index (χ1v) is 11.5. The van der Waals surface area contributed by atoms with Crippen LogP contribution in [0, 0.1) is 0 Å². The lowest BCUT2D eigenvalue weighted by molar-refractivity contribution is 0.215. The molecule has 1 fully saturated rings. The van der Waals surface area contributed by atoms with Gasteiger partial charge in [-0.3, -0.25) is 4.57 Å². The smallest absolute Gasteiger partial charge is 0.309 e. The highest BCUT2D eigenvalue weighted by molar-refractivity contribution is 7.59. The molecule has 0 aliphatic heterocycles. The van der Waals surface area contributed by atoms with Gasteiger partial charge in [0, 0.05) is 0 Å². The van der Waals surface area contributed by atoms with Gasteiger partial charge in [-0.1, -0.05) is 33.9 Å². The summed E-state index contributed by atoms with van der Waals surface area (Å²) in [4.78, 5) is 0. The molecule has 1 aliphatic rings. The molecular weight excluding hydrogens is 263 g/mol. The van der Waals surface area contributed by atoms with E-state index >= 15 is 0 Å². The predicted octanol–water partition coefficient (Wildman–Crippen LogP) is 4.83. The molecule has 0 N–H and O–H groups in total. The molecule has 0 unspecified atom stereocenters. The Morgan fingerprint density at radius 3 is 1.72 bits per heavy atom. The first-order valence-electron chi connectivity index (χ1n) is 6.97. The molecule has 0 aromatic rings. The molecular formula is C13H29O3PSi. The summed E-state index contributed by atoms with van der Waals surface area (Å²) in [5.41, 5.74) is 0. The van der Waals surface area contributed by atoms with Crippen LogP contribution in [0.3, 0.4) is 0 Å². The van der Waals surface area contributed by atoms with Crippen LogP contribution in [0.1, 0.15) is 47.5 Å². The number of rotatable bonds is 6. The Balaban J connectivity index is 3.16. The average molecular weight is 292 g/mol. The highest BCUT2D eigenvalue weighted by Gasteiger charge is 2.70. The van der Waals surface area contributed by atoms with E-state index < -0.39 is 15.7 Å². The summed E-state index contributed by atoms with van der Waals surface area (Å²) in [6.07, 6.45) is 2.00. The quantitative estimate of drug-likeness (QED) is 0.519. The third-order valence-electron chi connectivity index (χ3n) is 4.88. The van der Waals surface area contributed by atoms with Crippen LogP contribution in [0.4, 0.5) is 0 Å². The second-order valence-electron chi connectivity index (χ2n) is 6.74. The standard InChI is InChI=1S/C13H29O3PSi/c1-8-15-17(14,16-9-2)13(10-11-13)18(6,7)12(3,4)5/h8-11H2,1-7H3. The maximum absolute atomic E-state index is 13.2. The summed E-state index contributed by atoms with van der Waals surface area (Å²) < 4.78 is 24.3. The van der Waals surface area contributed by atoms with Gasteiger partial charge in [-0.25, -0.2) is 0 Å². The maximum Gasteiger partial charge on any atom is 0.334 e. The second kappa shape index (κ2) is 5.04. The van der Waals surface area contributed by atoms with Gasteiger partial charge in [0.05, 0.1) is 26.1 Å². The minimum atomic E-state index is -2.97. The summed E-state index contributed by atoms with van der Waals surface area (Å²) in [6.45, 7) is 16.2. The van der Waals surface area contributed by atoms with Crippen LogP contribution < -0.4 is 0 Å². The van der Waals surface area contributed by atoms with E-state index in [-0.39, 0.29) is 9.82 Å². The van der Waals surface area contributed by atoms with Crippen molar-refractivity contribution in [3.8, 4) is 0 Å². The van der Waals surface area contributed by atoms with E-state index in [1.807, 2.05) is 13.8 Å². The van der Waals surface area contributed by atoms with Crippen molar-refractivity contribution >= 4 is 15.7 Å². The van der Waals surface area contributed by atoms with Crippen LogP contribution >= 0.6 is 7.60 Å². The molecule has 0 aromatic carbocycles. The van der Waals surface area contributed by atoms with E-state index in [9.17, 15) is 4.57 Å². The largest absolute Gasteiger partial charge is 0.334 e. The van der Waals surface area contributed by atoms with Crippen LogP contribution in [0.2, 0.25) is 18.1 Å². The van der Waals surface area contributed by atoms with E-state index in [0.717, 1.165) is 12.8 Å². The zero-order valence-corrected chi connectivity index (χ0v) is 14.9. The Labute approximate surface area is 113 Å². The average Bonchev–Trinajstić information content (AvgIpc) is 2.97. The van der Waals surface area contributed by atoms with Gasteiger partial charge in [0.2, 0.25) is 0 Å². The van der Waals surface area contributed by atoms with Gasteiger partial charge >= 0.3 is 7.60 Å². The molecule has 0 heterocycles. The van der Waals surface area contributed by atoms with Crippen molar-refractivity contribution in [2.45, 2.75) is 70.4 Å². The molecule has 1 saturated carbocycles. The SMILES string of the molecule is CCOP(=O)(OCC)C1([Si](C)(C)C(C)(C)C)CC1. The van der Waals surface area contributed by atoms with Gasteiger partial charge < -0.3 is 9.05 Å². The molecule has 5 heteroatoms. The van der Waals surface area contributed by atoms with E-state index in [4.69, 9.17) is 9.05 Å². The maximum atomic E-state index is 13.2. The van der Waals surface area contributed by atoms with Crippen molar-refractivity contribution < 1.29 is 13.6 Å². The minimum Gasteiger partial charge on any atom is -0.309 e. The Kier molecular flexibility index (Phi) is 4.60. The normalized spacial score (nSPS) is 19.9. The van der Waals surface area contributed by atoms with Gasteiger partial charge in [0.1, 0.15) is 0 Å². The lowest BCUT2D eigenvalue weighted by Crippen LogP contribution is -2.51. The molecule has 108 valence electrons. The van der Waals surface area contributed by atoms with Gasteiger partial charge in [0.15, 0.2) is 0 Å². The molecule has 1 aliphatic carbocycles. The lowest BCUT2D eigenvalue weighted by atomic mass is 10.2. The van der Waals surface area contributed by atoms with E-state index in [1.54, 1.807) is 0 Å². The van der Waals surface area contributed by atoms with Gasteiger partial charge in [-0.2, -0.15) is 0 Å². The first kappa shape index (κ1) is 16.4. The van der Waals surface area contributed by atoms with Crippen LogP contribution in [0.15, 0.2) is 0 Å². The molecule has 0 bridgehead atoms. The zero-order chi connectivity index (χ0) is 14.2. The van der Waals surface area contributed by atoms with Crippen molar-refractivity contribution in [3.05, 3.63) is 0 Å². The van der Waals surface area contributed by atoms with Crippen molar-refractivity contribution in [3.63, 3.8) is 0 Å². The molecule has 0 spiro atoms. The van der Waals surface area contributed by atoms with Crippen molar-refractivity contribution in [2.75, 3.05) is 13.2 Å². The second-order valence-corrected chi connectivity index (χ2v) is 15.2. The molecule has 0 amide bonds. The Morgan fingerprint density at radius 1 is 1.11 bits per heavy atom. The third-order valence-corrected chi connectivity index (χ3v) is 16.7. The highest BCUT2D eigenvalue weighted by Crippen LogP contribution is 2.76. The topological polar surface area (TPSA) is 35.5 Å².